The summed E-state index contributed by atoms with van der Waals surface area (Å²) in [4.78, 5) is 43.6. The minimum atomic E-state index is -0.626. The van der Waals surface area contributed by atoms with Gasteiger partial charge in [0.15, 0.2) is 10.8 Å². The van der Waals surface area contributed by atoms with Gasteiger partial charge in [0.2, 0.25) is 11.8 Å². The van der Waals surface area contributed by atoms with E-state index in [4.69, 9.17) is 11.6 Å². The summed E-state index contributed by atoms with van der Waals surface area (Å²) >= 11 is 6.50. The van der Waals surface area contributed by atoms with Crippen LogP contribution in [0.2, 0.25) is 0 Å². The summed E-state index contributed by atoms with van der Waals surface area (Å²) in [5.41, 5.74) is 0.119. The van der Waals surface area contributed by atoms with E-state index in [1.807, 2.05) is 0 Å². The Kier molecular flexibility index (Phi) is 5.50. The maximum atomic E-state index is 12.3. The highest BCUT2D eigenvalue weighted by Gasteiger charge is 2.38. The third-order valence-corrected chi connectivity index (χ3v) is 3.95. The molecule has 2 heterocycles. The van der Waals surface area contributed by atoms with Crippen LogP contribution in [-0.2, 0) is 19.2 Å². The molecule has 1 aromatic rings. The fourth-order valence-electron chi connectivity index (χ4n) is 1.82. The fraction of sp³-hybridized carbons (Fsp3) is 0.417. The first-order valence-corrected chi connectivity index (χ1v) is 7.91. The molecule has 9 nitrogen and oxygen atoms in total. The zero-order valence-electron chi connectivity index (χ0n) is 12.3. The molecule has 1 aliphatic heterocycles. The van der Waals surface area contributed by atoms with Crippen molar-refractivity contribution in [1.29, 1.82) is 0 Å². The highest BCUT2D eigenvalue weighted by Crippen LogP contribution is 2.17. The molecule has 2 atom stereocenters. The first-order valence-electron chi connectivity index (χ1n) is 6.50. The number of amides is 3. The van der Waals surface area contributed by atoms with Gasteiger partial charge in [0.05, 0.1) is 6.04 Å². The fourth-order valence-corrected chi connectivity index (χ4v) is 2.60. The Balaban J connectivity index is 2.12. The van der Waals surface area contributed by atoms with Gasteiger partial charge < -0.3 is 20.8 Å². The molecule has 11 heteroatoms. The number of hydrogen-bond donors (Lipinski definition) is 3. The molecule has 0 spiro atoms. The summed E-state index contributed by atoms with van der Waals surface area (Å²) in [6.45, 7) is 1.77. The lowest BCUT2D eigenvalue weighted by molar-refractivity contribution is -0.134. The topological polar surface area (TPSA) is 122 Å². The Morgan fingerprint density at radius 2 is 2.30 bits per heavy atom. The van der Waals surface area contributed by atoms with E-state index in [0.717, 1.165) is 11.3 Å². The highest BCUT2D eigenvalue weighted by atomic mass is 35.5. The first-order chi connectivity index (χ1) is 11.0. The van der Waals surface area contributed by atoms with E-state index in [0.29, 0.717) is 0 Å². The van der Waals surface area contributed by atoms with Crippen LogP contribution in [0, 0.1) is 0 Å². The van der Waals surface area contributed by atoms with Gasteiger partial charge in [-0.15, -0.1) is 22.9 Å². The van der Waals surface area contributed by atoms with Gasteiger partial charge in [0.1, 0.15) is 24.7 Å². The van der Waals surface area contributed by atoms with Crippen LogP contribution in [-0.4, -0.2) is 53.5 Å². The van der Waals surface area contributed by atoms with Crippen molar-refractivity contribution >= 4 is 51.5 Å². The Hall–Kier alpha value is -2.20. The lowest BCUT2D eigenvalue weighted by Crippen LogP contribution is -2.68. The van der Waals surface area contributed by atoms with Gasteiger partial charge in [-0.2, -0.15) is 0 Å². The Morgan fingerprint density at radius 1 is 1.57 bits per heavy atom. The number of aromatic nitrogens is 1. The molecule has 1 saturated heterocycles. The largest absolute Gasteiger partial charge is 0.398 e. The number of anilines is 1. The second kappa shape index (κ2) is 7.38. The molecule has 0 aliphatic carbocycles. The van der Waals surface area contributed by atoms with E-state index < -0.39 is 17.9 Å². The average molecular weight is 360 g/mol. The zero-order chi connectivity index (χ0) is 17.0. The molecule has 0 bridgehead atoms. The maximum Gasteiger partial charge on any atom is 0.276 e. The van der Waals surface area contributed by atoms with Crippen LogP contribution in [0.1, 0.15) is 12.6 Å². The summed E-state index contributed by atoms with van der Waals surface area (Å²) in [5, 5.41) is 13.1. The van der Waals surface area contributed by atoms with Crippen LogP contribution in [0.5, 0.6) is 0 Å². The first kappa shape index (κ1) is 17.2. The molecule has 0 saturated carbocycles. The van der Waals surface area contributed by atoms with Crippen molar-refractivity contribution in [2.24, 2.45) is 5.16 Å². The van der Waals surface area contributed by atoms with Crippen molar-refractivity contribution < 1.29 is 19.2 Å². The Bertz CT molecular complexity index is 662. The molecule has 0 aromatic carbocycles. The molecule has 2 rings (SSSR count). The number of thiazole rings is 1. The predicted octanol–water partition coefficient (Wildman–Crippen LogP) is -0.326. The molecule has 1 aliphatic rings. The van der Waals surface area contributed by atoms with Crippen molar-refractivity contribution in [3.05, 3.63) is 11.1 Å². The molecule has 0 radical (unpaired) electrons. The number of halogens is 1. The molecular formula is C12H14ClN5O4S. The molecule has 0 unspecified atom stereocenters. The van der Waals surface area contributed by atoms with Crippen LogP contribution in [0.4, 0.5) is 5.13 Å². The van der Waals surface area contributed by atoms with Crippen molar-refractivity contribution in [2.45, 2.75) is 19.0 Å². The summed E-state index contributed by atoms with van der Waals surface area (Å²) in [5.74, 6) is -1.49. The molecule has 3 amide bonds. The standard InChI is InChI=1S/C12H14ClN5O4S/c1-5-8(10(20)14-5)17-11(21)9(18-22-2)6-4-23-12(15-6)16-7(19)3-13/h4-5,8H,3H2,1-2H3,(H,14,20)(H,17,21)(H,15,16,19)/b18-9-/t5-,8-/m1/s1. The number of alkyl halides is 1. The number of hydrogen-bond acceptors (Lipinski definition) is 7. The number of rotatable bonds is 6. The summed E-state index contributed by atoms with van der Waals surface area (Å²) < 4.78 is 0. The van der Waals surface area contributed by atoms with Crippen molar-refractivity contribution in [1.82, 2.24) is 15.6 Å². The molecule has 1 aromatic heterocycles. The van der Waals surface area contributed by atoms with Gasteiger partial charge in [0.25, 0.3) is 5.91 Å². The third kappa shape index (κ3) is 3.96. The third-order valence-electron chi connectivity index (χ3n) is 2.95. The number of carbonyl (C=O) groups excluding carboxylic acids is 3. The zero-order valence-corrected chi connectivity index (χ0v) is 13.8. The number of nitrogens with one attached hydrogen (secondary N) is 3. The summed E-state index contributed by atoms with van der Waals surface area (Å²) in [6.07, 6.45) is 0. The lowest BCUT2D eigenvalue weighted by Gasteiger charge is -2.34. The lowest BCUT2D eigenvalue weighted by atomic mass is 10.0. The van der Waals surface area contributed by atoms with E-state index in [1.54, 1.807) is 6.92 Å². The van der Waals surface area contributed by atoms with Gasteiger partial charge in [-0.05, 0) is 6.92 Å². The van der Waals surface area contributed by atoms with Gasteiger partial charge in [0, 0.05) is 5.38 Å². The number of nitrogens with zero attached hydrogens (tertiary/aromatic N) is 2. The van der Waals surface area contributed by atoms with Crippen LogP contribution in [0.3, 0.4) is 0 Å². The molecule has 124 valence electrons. The SMILES string of the molecule is CO/N=C(\C(=O)N[C@H]1C(=O)N[C@@H]1C)c1csc(NC(=O)CCl)n1. The minimum Gasteiger partial charge on any atom is -0.398 e. The van der Waals surface area contributed by atoms with Gasteiger partial charge in [-0.1, -0.05) is 5.16 Å². The van der Waals surface area contributed by atoms with E-state index in [2.05, 4.69) is 30.9 Å². The summed E-state index contributed by atoms with van der Waals surface area (Å²) in [6, 6.07) is -0.789. The van der Waals surface area contributed by atoms with Crippen LogP contribution < -0.4 is 16.0 Å². The second-order valence-corrected chi connectivity index (χ2v) is 5.72. The smallest absolute Gasteiger partial charge is 0.276 e. The van der Waals surface area contributed by atoms with Gasteiger partial charge in [-0.25, -0.2) is 4.98 Å². The molecular weight excluding hydrogens is 346 g/mol. The number of carbonyl (C=O) groups is 3. The minimum absolute atomic E-state index is 0.0953. The van der Waals surface area contributed by atoms with Crippen molar-refractivity contribution in [3.63, 3.8) is 0 Å². The average Bonchev–Trinajstić information content (AvgIpc) is 2.98. The second-order valence-electron chi connectivity index (χ2n) is 4.59. The molecule has 1 fully saturated rings. The van der Waals surface area contributed by atoms with Crippen LogP contribution in [0.25, 0.3) is 0 Å². The van der Waals surface area contributed by atoms with Crippen molar-refractivity contribution in [3.8, 4) is 0 Å². The van der Waals surface area contributed by atoms with E-state index in [-0.39, 0.29) is 34.4 Å². The molecule has 23 heavy (non-hydrogen) atoms. The monoisotopic (exact) mass is 359 g/mol. The van der Waals surface area contributed by atoms with Crippen LogP contribution >= 0.6 is 22.9 Å². The number of oxime groups is 1. The van der Waals surface area contributed by atoms with Gasteiger partial charge >= 0.3 is 0 Å². The van der Waals surface area contributed by atoms with E-state index >= 15 is 0 Å². The number of β-lactam (4-membered cyclic amide) rings is 1. The summed E-state index contributed by atoms with van der Waals surface area (Å²) in [7, 11) is 1.29. The highest BCUT2D eigenvalue weighted by molar-refractivity contribution is 7.14. The molecule has 3 N–H and O–H groups in total. The predicted molar refractivity (Wildman–Crippen MR) is 84.5 cm³/mol. The van der Waals surface area contributed by atoms with Crippen LogP contribution in [0.15, 0.2) is 10.5 Å². The normalized spacial score (nSPS) is 20.3. The van der Waals surface area contributed by atoms with E-state index in [9.17, 15) is 14.4 Å². The maximum absolute atomic E-state index is 12.3. The Labute approximate surface area is 140 Å². The quantitative estimate of drug-likeness (QED) is 0.278. The Morgan fingerprint density at radius 3 is 2.87 bits per heavy atom. The van der Waals surface area contributed by atoms with Gasteiger partial charge in [-0.3, -0.25) is 14.4 Å². The van der Waals surface area contributed by atoms with Crippen molar-refractivity contribution in [2.75, 3.05) is 18.3 Å². The van der Waals surface area contributed by atoms with E-state index in [1.165, 1.54) is 12.5 Å².